The molecule has 0 atom stereocenters. The number of benzene rings is 3. The molecular weight excluding hydrogens is 452 g/mol. The summed E-state index contributed by atoms with van der Waals surface area (Å²) in [6.07, 6.45) is 0. The van der Waals surface area contributed by atoms with Gasteiger partial charge in [-0.2, -0.15) is 0 Å². The number of nitrogens with one attached hydrogen (secondary N) is 1. The third-order valence-electron chi connectivity index (χ3n) is 5.08. The first kappa shape index (κ1) is 25.1. The molecule has 7 nitrogen and oxygen atoms in total. The Morgan fingerprint density at radius 1 is 0.882 bits per heavy atom. The third-order valence-corrected chi connectivity index (χ3v) is 6.87. The fourth-order valence-corrected chi connectivity index (χ4v) is 4.78. The van der Waals surface area contributed by atoms with Crippen LogP contribution in [-0.4, -0.2) is 34.1 Å². The highest BCUT2D eigenvalue weighted by Crippen LogP contribution is 2.25. The second-order valence-corrected chi connectivity index (χ2v) is 9.43. The number of sulfonamides is 1. The molecule has 0 bridgehead atoms. The molecule has 1 N–H and O–H groups in total. The minimum absolute atomic E-state index is 0.0750. The van der Waals surface area contributed by atoms with E-state index in [1.165, 1.54) is 12.1 Å². The number of amides is 1. The molecule has 0 fully saturated rings. The standard InChI is InChI=1S/C26H30N2O5S/c1-4-32-23-14-16-24(17-15-23)34(30,31)28(22-12-10-20(3)11-13-22)19-26(29)27-18-21-8-6-7-9-25(21)33-5-2/h6-17H,4-5,18-19H2,1-3H3,(H,27,29). The molecular formula is C26H30N2O5S. The number of para-hydroxylation sites is 1. The Kier molecular flexibility index (Phi) is 8.54. The van der Waals surface area contributed by atoms with Gasteiger partial charge in [-0.05, 0) is 63.2 Å². The summed E-state index contributed by atoms with van der Waals surface area (Å²) < 4.78 is 39.2. The highest BCUT2D eigenvalue weighted by atomic mass is 32.2. The molecule has 180 valence electrons. The molecule has 0 aromatic heterocycles. The van der Waals surface area contributed by atoms with Crippen molar-refractivity contribution >= 4 is 21.6 Å². The molecule has 3 aromatic carbocycles. The summed E-state index contributed by atoms with van der Waals surface area (Å²) in [6, 6.07) is 20.6. The summed E-state index contributed by atoms with van der Waals surface area (Å²) in [5, 5.41) is 2.81. The van der Waals surface area contributed by atoms with Crippen molar-refractivity contribution in [3.05, 3.63) is 83.9 Å². The molecule has 1 amide bonds. The molecule has 0 saturated heterocycles. The summed E-state index contributed by atoms with van der Waals surface area (Å²) in [5.74, 6) is 0.832. The first-order chi connectivity index (χ1) is 16.3. The molecule has 3 aromatic rings. The van der Waals surface area contributed by atoms with Crippen LogP contribution in [0.15, 0.2) is 77.7 Å². The lowest BCUT2D eigenvalue weighted by Gasteiger charge is -2.24. The van der Waals surface area contributed by atoms with E-state index in [9.17, 15) is 13.2 Å². The van der Waals surface area contributed by atoms with Crippen molar-refractivity contribution in [2.45, 2.75) is 32.2 Å². The van der Waals surface area contributed by atoms with Crippen LogP contribution >= 0.6 is 0 Å². The number of hydrogen-bond acceptors (Lipinski definition) is 5. The average molecular weight is 483 g/mol. The number of rotatable bonds is 11. The maximum absolute atomic E-state index is 13.5. The van der Waals surface area contributed by atoms with Crippen LogP contribution in [0.25, 0.3) is 0 Å². The zero-order valence-electron chi connectivity index (χ0n) is 19.7. The Morgan fingerprint density at radius 3 is 2.18 bits per heavy atom. The van der Waals surface area contributed by atoms with E-state index in [4.69, 9.17) is 9.47 Å². The molecule has 3 rings (SSSR count). The van der Waals surface area contributed by atoms with Gasteiger partial charge < -0.3 is 14.8 Å². The first-order valence-electron chi connectivity index (χ1n) is 11.1. The molecule has 0 heterocycles. The van der Waals surface area contributed by atoms with Crippen LogP contribution in [0, 0.1) is 6.92 Å². The predicted octanol–water partition coefficient (Wildman–Crippen LogP) is 4.30. The van der Waals surface area contributed by atoms with E-state index in [0.717, 1.165) is 15.4 Å². The molecule has 0 aliphatic carbocycles. The molecule has 34 heavy (non-hydrogen) atoms. The second kappa shape index (κ2) is 11.6. The largest absolute Gasteiger partial charge is 0.494 e. The van der Waals surface area contributed by atoms with Gasteiger partial charge in [-0.1, -0.05) is 35.9 Å². The van der Waals surface area contributed by atoms with E-state index in [2.05, 4.69) is 5.32 Å². The quantitative estimate of drug-likeness (QED) is 0.440. The second-order valence-electron chi connectivity index (χ2n) is 7.57. The molecule has 0 unspecified atom stereocenters. The lowest BCUT2D eigenvalue weighted by Crippen LogP contribution is -2.40. The van der Waals surface area contributed by atoms with Crippen molar-refractivity contribution in [1.29, 1.82) is 0 Å². The van der Waals surface area contributed by atoms with Gasteiger partial charge in [0.15, 0.2) is 0 Å². The monoisotopic (exact) mass is 482 g/mol. The topological polar surface area (TPSA) is 84.9 Å². The lowest BCUT2D eigenvalue weighted by atomic mass is 10.2. The maximum atomic E-state index is 13.5. The summed E-state index contributed by atoms with van der Waals surface area (Å²) >= 11 is 0. The Balaban J connectivity index is 1.83. The number of anilines is 1. The van der Waals surface area contributed by atoms with Crippen molar-refractivity contribution in [1.82, 2.24) is 5.32 Å². The smallest absolute Gasteiger partial charge is 0.264 e. The molecule has 0 saturated carbocycles. The van der Waals surface area contributed by atoms with E-state index in [-0.39, 0.29) is 18.0 Å². The van der Waals surface area contributed by atoms with Gasteiger partial charge in [-0.3, -0.25) is 9.10 Å². The molecule has 8 heteroatoms. The minimum atomic E-state index is -4.00. The van der Waals surface area contributed by atoms with Crippen molar-refractivity contribution in [3.63, 3.8) is 0 Å². The number of ether oxygens (including phenoxy) is 2. The van der Waals surface area contributed by atoms with Gasteiger partial charge in [0, 0.05) is 12.1 Å². The summed E-state index contributed by atoms with van der Waals surface area (Å²) in [6.45, 7) is 6.50. The van der Waals surface area contributed by atoms with Crippen molar-refractivity contribution in [2.24, 2.45) is 0 Å². The zero-order chi connectivity index (χ0) is 24.6. The minimum Gasteiger partial charge on any atom is -0.494 e. The van der Waals surface area contributed by atoms with Crippen molar-refractivity contribution in [3.8, 4) is 11.5 Å². The number of hydrogen-bond donors (Lipinski definition) is 1. The Bertz CT molecular complexity index is 1190. The Hall–Kier alpha value is -3.52. The van der Waals surface area contributed by atoms with Crippen molar-refractivity contribution in [2.75, 3.05) is 24.1 Å². The van der Waals surface area contributed by atoms with Gasteiger partial charge in [0.05, 0.1) is 23.8 Å². The molecule has 0 spiro atoms. The SMILES string of the molecule is CCOc1ccc(S(=O)(=O)N(CC(=O)NCc2ccccc2OCC)c2ccc(C)cc2)cc1. The van der Waals surface area contributed by atoms with Crippen LogP contribution in [0.3, 0.4) is 0 Å². The van der Waals surface area contributed by atoms with Crippen LogP contribution < -0.4 is 19.1 Å². The fourth-order valence-electron chi connectivity index (χ4n) is 3.35. The zero-order valence-corrected chi connectivity index (χ0v) is 20.5. The van der Waals surface area contributed by atoms with Crippen LogP contribution in [0.2, 0.25) is 0 Å². The van der Waals surface area contributed by atoms with Gasteiger partial charge >= 0.3 is 0 Å². The number of carbonyl (C=O) groups is 1. The van der Waals surface area contributed by atoms with Crippen LogP contribution in [-0.2, 0) is 21.4 Å². The fraction of sp³-hybridized carbons (Fsp3) is 0.269. The van der Waals surface area contributed by atoms with E-state index in [1.807, 2.05) is 57.2 Å². The van der Waals surface area contributed by atoms with Crippen LogP contribution in [0.4, 0.5) is 5.69 Å². The lowest BCUT2D eigenvalue weighted by molar-refractivity contribution is -0.119. The highest BCUT2D eigenvalue weighted by molar-refractivity contribution is 7.92. The van der Waals surface area contributed by atoms with E-state index in [0.29, 0.717) is 30.4 Å². The van der Waals surface area contributed by atoms with Gasteiger partial charge in [-0.25, -0.2) is 8.42 Å². The van der Waals surface area contributed by atoms with Gasteiger partial charge in [-0.15, -0.1) is 0 Å². The number of aryl methyl sites for hydroxylation is 1. The van der Waals surface area contributed by atoms with E-state index < -0.39 is 15.9 Å². The summed E-state index contributed by atoms with van der Waals surface area (Å²) in [7, 11) is -4.00. The van der Waals surface area contributed by atoms with Crippen LogP contribution in [0.5, 0.6) is 11.5 Å². The number of carbonyl (C=O) groups excluding carboxylic acids is 1. The van der Waals surface area contributed by atoms with Gasteiger partial charge in [0.1, 0.15) is 18.0 Å². The van der Waals surface area contributed by atoms with Gasteiger partial charge in [0.2, 0.25) is 5.91 Å². The highest BCUT2D eigenvalue weighted by Gasteiger charge is 2.27. The third kappa shape index (κ3) is 6.29. The predicted molar refractivity (Wildman–Crippen MR) is 133 cm³/mol. The normalized spacial score (nSPS) is 11.0. The first-order valence-corrected chi connectivity index (χ1v) is 12.6. The summed E-state index contributed by atoms with van der Waals surface area (Å²) in [4.78, 5) is 13.0. The molecule has 0 radical (unpaired) electrons. The number of nitrogens with zero attached hydrogens (tertiary/aromatic N) is 1. The molecule has 0 aliphatic rings. The maximum Gasteiger partial charge on any atom is 0.264 e. The average Bonchev–Trinajstić information content (AvgIpc) is 2.83. The Labute approximate surface area is 201 Å². The van der Waals surface area contributed by atoms with E-state index >= 15 is 0 Å². The summed E-state index contributed by atoms with van der Waals surface area (Å²) in [5.41, 5.74) is 2.21. The van der Waals surface area contributed by atoms with E-state index in [1.54, 1.807) is 24.3 Å². The van der Waals surface area contributed by atoms with Crippen molar-refractivity contribution < 1.29 is 22.7 Å². The molecule has 0 aliphatic heterocycles. The van der Waals surface area contributed by atoms with Gasteiger partial charge in [0.25, 0.3) is 10.0 Å². The Morgan fingerprint density at radius 2 is 1.53 bits per heavy atom. The van der Waals surface area contributed by atoms with Crippen LogP contribution in [0.1, 0.15) is 25.0 Å².